The number of rotatable bonds is 6. The van der Waals surface area contributed by atoms with Crippen LogP contribution in [-0.2, 0) is 4.74 Å². The molecule has 0 aromatic rings. The number of alkyl carbamates (subject to hydrolysis) is 1. The Labute approximate surface area is 129 Å². The lowest BCUT2D eigenvalue weighted by Crippen LogP contribution is -2.45. The van der Waals surface area contributed by atoms with Crippen LogP contribution in [-0.4, -0.2) is 55.9 Å². The monoisotopic (exact) mass is 299 g/mol. The molecule has 1 aliphatic rings. The molecule has 0 aromatic carbocycles. The number of nitrogens with one attached hydrogen (secondary N) is 2. The van der Waals surface area contributed by atoms with Crippen molar-refractivity contribution in [2.24, 2.45) is 5.92 Å². The molecule has 0 aromatic heterocycles. The second-order valence-electron chi connectivity index (χ2n) is 7.14. The maximum Gasteiger partial charge on any atom is 0.407 e. The summed E-state index contributed by atoms with van der Waals surface area (Å²) in [5, 5.41) is 6.44. The molecule has 1 rings (SSSR count). The lowest BCUT2D eigenvalue weighted by Gasteiger charge is -2.30. The van der Waals surface area contributed by atoms with Crippen LogP contribution in [0.4, 0.5) is 4.79 Å². The van der Waals surface area contributed by atoms with Gasteiger partial charge in [0.15, 0.2) is 0 Å². The van der Waals surface area contributed by atoms with Crippen molar-refractivity contribution >= 4 is 6.09 Å². The predicted octanol–water partition coefficient (Wildman–Crippen LogP) is 2.22. The van der Waals surface area contributed by atoms with Gasteiger partial charge in [0.05, 0.1) is 0 Å². The van der Waals surface area contributed by atoms with E-state index < -0.39 is 5.60 Å². The van der Waals surface area contributed by atoms with Crippen molar-refractivity contribution in [3.05, 3.63) is 0 Å². The van der Waals surface area contributed by atoms with E-state index in [9.17, 15) is 4.79 Å². The van der Waals surface area contributed by atoms with Crippen LogP contribution in [0.5, 0.6) is 0 Å². The number of hydrogen-bond acceptors (Lipinski definition) is 4. The fourth-order valence-electron chi connectivity index (χ4n) is 2.48. The first kappa shape index (κ1) is 18.2. The molecule has 2 N–H and O–H groups in total. The van der Waals surface area contributed by atoms with Crippen LogP contribution in [0.15, 0.2) is 0 Å². The number of piperidine rings is 1. The molecule has 1 unspecified atom stereocenters. The standard InChI is InChI=1S/C16H33N3O2/c1-6-14(12-18-15(20)21-16(2,3)4)17-11-13-7-9-19(5)10-8-13/h13-14,17H,6-12H2,1-5H3,(H,18,20). The first-order chi connectivity index (χ1) is 9.80. The summed E-state index contributed by atoms with van der Waals surface area (Å²) in [6, 6.07) is 0.317. The van der Waals surface area contributed by atoms with Gasteiger partial charge in [0.1, 0.15) is 5.60 Å². The van der Waals surface area contributed by atoms with Gasteiger partial charge in [0.25, 0.3) is 0 Å². The van der Waals surface area contributed by atoms with Crippen molar-refractivity contribution in [1.82, 2.24) is 15.5 Å². The van der Waals surface area contributed by atoms with Crippen LogP contribution in [0.3, 0.4) is 0 Å². The lowest BCUT2D eigenvalue weighted by atomic mass is 9.97. The number of nitrogens with zero attached hydrogens (tertiary/aromatic N) is 1. The third-order valence-electron chi connectivity index (χ3n) is 3.92. The molecule has 0 radical (unpaired) electrons. The Balaban J connectivity index is 2.21. The van der Waals surface area contributed by atoms with E-state index in [0.717, 1.165) is 18.9 Å². The molecule has 1 fully saturated rings. The zero-order chi connectivity index (χ0) is 15.9. The number of likely N-dealkylation sites (tertiary alicyclic amines) is 1. The van der Waals surface area contributed by atoms with Gasteiger partial charge in [-0.3, -0.25) is 0 Å². The number of carbonyl (C=O) groups excluding carboxylic acids is 1. The third kappa shape index (κ3) is 8.27. The summed E-state index contributed by atoms with van der Waals surface area (Å²) in [5.74, 6) is 0.761. The van der Waals surface area contributed by atoms with Crippen LogP contribution in [0.25, 0.3) is 0 Å². The smallest absolute Gasteiger partial charge is 0.407 e. The van der Waals surface area contributed by atoms with Gasteiger partial charge in [0.2, 0.25) is 0 Å². The minimum atomic E-state index is -0.437. The van der Waals surface area contributed by atoms with Crippen LogP contribution in [0.1, 0.15) is 47.0 Å². The summed E-state index contributed by atoms with van der Waals surface area (Å²) in [7, 11) is 2.18. The molecule has 1 atom stereocenters. The molecule has 5 heteroatoms. The van der Waals surface area contributed by atoms with Gasteiger partial charge in [0, 0.05) is 12.6 Å². The molecular weight excluding hydrogens is 266 g/mol. The number of amides is 1. The first-order valence-electron chi connectivity index (χ1n) is 8.19. The first-order valence-corrected chi connectivity index (χ1v) is 8.19. The minimum absolute atomic E-state index is 0.317. The van der Waals surface area contributed by atoms with Crippen molar-refractivity contribution < 1.29 is 9.53 Å². The zero-order valence-corrected chi connectivity index (χ0v) is 14.4. The van der Waals surface area contributed by atoms with Crippen LogP contribution in [0.2, 0.25) is 0 Å². The number of carbonyl (C=O) groups is 1. The van der Waals surface area contributed by atoms with E-state index in [4.69, 9.17) is 4.74 Å². The van der Waals surface area contributed by atoms with Gasteiger partial charge >= 0.3 is 6.09 Å². The highest BCUT2D eigenvalue weighted by molar-refractivity contribution is 5.67. The normalized spacial score (nSPS) is 19.3. The number of hydrogen-bond donors (Lipinski definition) is 2. The predicted molar refractivity (Wildman–Crippen MR) is 86.5 cm³/mol. The molecule has 0 bridgehead atoms. The average molecular weight is 299 g/mol. The molecule has 0 aliphatic carbocycles. The van der Waals surface area contributed by atoms with Gasteiger partial charge in [-0.05, 0) is 72.6 Å². The highest BCUT2D eigenvalue weighted by atomic mass is 16.6. The largest absolute Gasteiger partial charge is 0.444 e. The molecule has 1 aliphatic heterocycles. The highest BCUT2D eigenvalue weighted by Crippen LogP contribution is 2.15. The van der Waals surface area contributed by atoms with E-state index in [-0.39, 0.29) is 6.09 Å². The molecule has 1 saturated heterocycles. The highest BCUT2D eigenvalue weighted by Gasteiger charge is 2.19. The van der Waals surface area contributed by atoms with Gasteiger partial charge < -0.3 is 20.3 Å². The van der Waals surface area contributed by atoms with Crippen molar-refractivity contribution in [1.29, 1.82) is 0 Å². The fraction of sp³-hybridized carbons (Fsp3) is 0.938. The van der Waals surface area contributed by atoms with Crippen molar-refractivity contribution in [2.75, 3.05) is 33.2 Å². The summed E-state index contributed by atoms with van der Waals surface area (Å²) >= 11 is 0. The number of ether oxygens (including phenoxy) is 1. The summed E-state index contributed by atoms with van der Waals surface area (Å²) in [4.78, 5) is 14.0. The Hall–Kier alpha value is -0.810. The van der Waals surface area contributed by atoms with Gasteiger partial charge in [-0.2, -0.15) is 0 Å². The topological polar surface area (TPSA) is 53.6 Å². The summed E-state index contributed by atoms with van der Waals surface area (Å²) in [5.41, 5.74) is -0.437. The maximum absolute atomic E-state index is 11.7. The van der Waals surface area contributed by atoms with E-state index >= 15 is 0 Å². The second-order valence-corrected chi connectivity index (χ2v) is 7.14. The van der Waals surface area contributed by atoms with E-state index in [0.29, 0.717) is 12.6 Å². The van der Waals surface area contributed by atoms with E-state index in [2.05, 4.69) is 29.5 Å². The summed E-state index contributed by atoms with van der Waals surface area (Å²) < 4.78 is 5.26. The maximum atomic E-state index is 11.7. The van der Waals surface area contributed by atoms with Crippen molar-refractivity contribution in [3.63, 3.8) is 0 Å². The Morgan fingerprint density at radius 3 is 2.48 bits per heavy atom. The fourth-order valence-corrected chi connectivity index (χ4v) is 2.48. The molecule has 1 amide bonds. The molecule has 0 saturated carbocycles. The molecular formula is C16H33N3O2. The Morgan fingerprint density at radius 2 is 1.95 bits per heavy atom. The van der Waals surface area contributed by atoms with Crippen LogP contribution < -0.4 is 10.6 Å². The van der Waals surface area contributed by atoms with Gasteiger partial charge in [-0.1, -0.05) is 6.92 Å². The molecule has 5 nitrogen and oxygen atoms in total. The summed E-state index contributed by atoms with van der Waals surface area (Å²) in [6.45, 7) is 11.8. The average Bonchev–Trinajstić information content (AvgIpc) is 2.39. The minimum Gasteiger partial charge on any atom is -0.444 e. The Bertz CT molecular complexity index is 307. The SMILES string of the molecule is CCC(CNC(=O)OC(C)(C)C)NCC1CCN(C)CC1. The second kappa shape index (κ2) is 8.59. The molecule has 124 valence electrons. The van der Waals surface area contributed by atoms with Gasteiger partial charge in [-0.25, -0.2) is 4.79 Å². The summed E-state index contributed by atoms with van der Waals surface area (Å²) in [6.07, 6.45) is 3.20. The van der Waals surface area contributed by atoms with E-state index in [1.54, 1.807) is 0 Å². The molecule has 21 heavy (non-hydrogen) atoms. The van der Waals surface area contributed by atoms with E-state index in [1.165, 1.54) is 25.9 Å². The zero-order valence-electron chi connectivity index (χ0n) is 14.4. The van der Waals surface area contributed by atoms with Crippen molar-refractivity contribution in [2.45, 2.75) is 58.6 Å². The van der Waals surface area contributed by atoms with Crippen LogP contribution in [0, 0.1) is 5.92 Å². The van der Waals surface area contributed by atoms with Gasteiger partial charge in [-0.15, -0.1) is 0 Å². The third-order valence-corrected chi connectivity index (χ3v) is 3.92. The van der Waals surface area contributed by atoms with Crippen molar-refractivity contribution in [3.8, 4) is 0 Å². The van der Waals surface area contributed by atoms with E-state index in [1.807, 2.05) is 20.8 Å². The lowest BCUT2D eigenvalue weighted by molar-refractivity contribution is 0.0521. The molecule has 0 spiro atoms. The quantitative estimate of drug-likeness (QED) is 0.789. The Morgan fingerprint density at radius 1 is 1.33 bits per heavy atom. The van der Waals surface area contributed by atoms with Crippen LogP contribution >= 0.6 is 0 Å². The molecule has 1 heterocycles. The Kier molecular flexibility index (Phi) is 7.46.